The number of carbonyl (C=O) groups is 3. The normalized spacial score (nSPS) is 14.3. The zero-order chi connectivity index (χ0) is 18.4. The second-order valence-electron chi connectivity index (χ2n) is 5.84. The lowest BCUT2D eigenvalue weighted by Gasteiger charge is -2.12. The van der Waals surface area contributed by atoms with Crippen molar-refractivity contribution < 1.29 is 24.0 Å². The van der Waals surface area contributed by atoms with Gasteiger partial charge in [-0.15, -0.1) is 0 Å². The Morgan fingerprint density at radius 2 is 2.08 bits per heavy atom. The molecule has 1 aromatic rings. The van der Waals surface area contributed by atoms with Crippen molar-refractivity contribution in [2.45, 2.75) is 25.8 Å². The molecule has 0 spiro atoms. The average molecular weight is 349 g/mol. The Balaban J connectivity index is 1.71. The molecule has 0 aromatic heterocycles. The largest absolute Gasteiger partial charge is 0.454 e. The number of nitro benzene ring substituents is 1. The quantitative estimate of drug-likeness (QED) is 0.405. The van der Waals surface area contributed by atoms with Crippen LogP contribution in [0.15, 0.2) is 24.3 Å². The Kier molecular flexibility index (Phi) is 6.04. The summed E-state index contributed by atoms with van der Waals surface area (Å²) in [6, 6.07) is 5.18. The fourth-order valence-corrected chi connectivity index (χ4v) is 2.22. The highest BCUT2D eigenvalue weighted by Gasteiger charge is 2.28. The first kappa shape index (κ1) is 18.4. The van der Waals surface area contributed by atoms with Crippen LogP contribution in [0.25, 0.3) is 0 Å². The van der Waals surface area contributed by atoms with Crippen molar-refractivity contribution in [3.05, 3.63) is 39.9 Å². The number of nitro groups is 1. The lowest BCUT2D eigenvalue weighted by atomic mass is 10.2. The van der Waals surface area contributed by atoms with Crippen molar-refractivity contribution in [1.82, 2.24) is 10.6 Å². The van der Waals surface area contributed by atoms with E-state index in [9.17, 15) is 24.5 Å². The highest BCUT2D eigenvalue weighted by molar-refractivity contribution is 5.96. The molecule has 1 aliphatic carbocycles. The van der Waals surface area contributed by atoms with Gasteiger partial charge in [-0.25, -0.2) is 0 Å². The van der Waals surface area contributed by atoms with Crippen LogP contribution in [0, 0.1) is 16.0 Å². The third-order valence-corrected chi connectivity index (χ3v) is 3.79. The zero-order valence-corrected chi connectivity index (χ0v) is 13.7. The van der Waals surface area contributed by atoms with Crippen LogP contribution >= 0.6 is 0 Å². The smallest absolute Gasteiger partial charge is 0.325 e. The van der Waals surface area contributed by atoms with Crippen LogP contribution in [0.1, 0.15) is 30.1 Å². The van der Waals surface area contributed by atoms with Gasteiger partial charge < -0.3 is 15.4 Å². The Labute approximate surface area is 143 Å². The number of ether oxygens (including phenoxy) is 1. The topological polar surface area (TPSA) is 128 Å². The van der Waals surface area contributed by atoms with Gasteiger partial charge in [0.25, 0.3) is 17.5 Å². The number of rotatable bonds is 8. The van der Waals surface area contributed by atoms with E-state index in [1.54, 1.807) is 0 Å². The van der Waals surface area contributed by atoms with Crippen LogP contribution in [0.3, 0.4) is 0 Å². The van der Waals surface area contributed by atoms with Crippen molar-refractivity contribution in [2.75, 3.05) is 13.2 Å². The standard InChI is InChI=1S/C16H19N3O6/c1-10(11-5-6-11)18-14(20)9-25-15(21)8-17-16(22)12-3-2-4-13(7-12)19(23)24/h2-4,7,10-11H,5-6,8-9H2,1H3,(H,17,22)(H,18,20)/t10-/m0/s1. The lowest BCUT2D eigenvalue weighted by molar-refractivity contribution is -0.384. The number of benzene rings is 1. The summed E-state index contributed by atoms with van der Waals surface area (Å²) < 4.78 is 4.78. The molecule has 1 saturated carbocycles. The summed E-state index contributed by atoms with van der Waals surface area (Å²) in [5.74, 6) is -1.31. The molecule has 1 aliphatic rings. The van der Waals surface area contributed by atoms with Crippen molar-refractivity contribution in [2.24, 2.45) is 5.92 Å². The molecule has 134 valence electrons. The third-order valence-electron chi connectivity index (χ3n) is 3.79. The summed E-state index contributed by atoms with van der Waals surface area (Å²) >= 11 is 0. The van der Waals surface area contributed by atoms with E-state index < -0.39 is 35.9 Å². The number of nitrogens with one attached hydrogen (secondary N) is 2. The Bertz CT molecular complexity index is 686. The van der Waals surface area contributed by atoms with Crippen molar-refractivity contribution in [3.8, 4) is 0 Å². The fraction of sp³-hybridized carbons (Fsp3) is 0.438. The molecule has 0 aliphatic heterocycles. The number of non-ortho nitro benzene ring substituents is 1. The Morgan fingerprint density at radius 3 is 2.72 bits per heavy atom. The summed E-state index contributed by atoms with van der Waals surface area (Å²) in [6.07, 6.45) is 2.18. The molecule has 2 N–H and O–H groups in total. The Morgan fingerprint density at radius 1 is 1.36 bits per heavy atom. The van der Waals surface area contributed by atoms with E-state index in [2.05, 4.69) is 10.6 Å². The molecule has 9 heteroatoms. The summed E-state index contributed by atoms with van der Waals surface area (Å²) in [6.45, 7) is 1.05. The van der Waals surface area contributed by atoms with Gasteiger partial charge in [0.05, 0.1) is 4.92 Å². The van der Waals surface area contributed by atoms with Gasteiger partial charge in [0.2, 0.25) is 0 Å². The monoisotopic (exact) mass is 349 g/mol. The minimum Gasteiger partial charge on any atom is -0.454 e. The molecule has 2 amide bonds. The molecule has 1 atom stereocenters. The molecule has 0 heterocycles. The summed E-state index contributed by atoms with van der Waals surface area (Å²) in [5, 5.41) is 15.7. The molecule has 0 unspecified atom stereocenters. The van der Waals surface area contributed by atoms with Crippen LogP contribution in [-0.4, -0.2) is 41.9 Å². The second-order valence-corrected chi connectivity index (χ2v) is 5.84. The third kappa shape index (κ3) is 5.87. The maximum Gasteiger partial charge on any atom is 0.325 e. The first-order valence-electron chi connectivity index (χ1n) is 7.84. The van der Waals surface area contributed by atoms with Gasteiger partial charge in [-0.1, -0.05) is 6.07 Å². The molecule has 1 aromatic carbocycles. The molecular formula is C16H19N3O6. The van der Waals surface area contributed by atoms with E-state index in [-0.39, 0.29) is 17.3 Å². The van der Waals surface area contributed by atoms with Crippen molar-refractivity contribution in [3.63, 3.8) is 0 Å². The lowest BCUT2D eigenvalue weighted by Crippen LogP contribution is -2.38. The van der Waals surface area contributed by atoms with Crippen LogP contribution in [0.4, 0.5) is 5.69 Å². The van der Waals surface area contributed by atoms with E-state index in [1.807, 2.05) is 6.92 Å². The van der Waals surface area contributed by atoms with E-state index in [4.69, 9.17) is 4.74 Å². The van der Waals surface area contributed by atoms with Gasteiger partial charge >= 0.3 is 5.97 Å². The molecular weight excluding hydrogens is 330 g/mol. The predicted octanol–water partition coefficient (Wildman–Crippen LogP) is 0.783. The van der Waals surface area contributed by atoms with E-state index in [1.165, 1.54) is 18.2 Å². The van der Waals surface area contributed by atoms with Crippen LogP contribution in [-0.2, 0) is 14.3 Å². The number of esters is 1. The first-order valence-corrected chi connectivity index (χ1v) is 7.84. The van der Waals surface area contributed by atoms with Crippen LogP contribution < -0.4 is 10.6 Å². The summed E-state index contributed by atoms with van der Waals surface area (Å²) in [7, 11) is 0. The highest BCUT2D eigenvalue weighted by Crippen LogP contribution is 2.32. The Hall–Kier alpha value is -2.97. The minimum atomic E-state index is -0.770. The molecule has 0 radical (unpaired) electrons. The second kappa shape index (κ2) is 8.22. The molecule has 1 fully saturated rings. The SMILES string of the molecule is C[C@H](NC(=O)COC(=O)CNC(=O)c1cccc([N+](=O)[O-])c1)C1CC1. The van der Waals surface area contributed by atoms with Gasteiger partial charge in [-0.2, -0.15) is 0 Å². The van der Waals surface area contributed by atoms with Crippen LogP contribution in [0.2, 0.25) is 0 Å². The number of carbonyl (C=O) groups excluding carboxylic acids is 3. The van der Waals surface area contributed by atoms with Crippen LogP contribution in [0.5, 0.6) is 0 Å². The summed E-state index contributed by atoms with van der Waals surface area (Å²) in [5.41, 5.74) is -0.172. The van der Waals surface area contributed by atoms with E-state index in [0.29, 0.717) is 5.92 Å². The molecule has 0 saturated heterocycles. The maximum absolute atomic E-state index is 11.9. The molecule has 25 heavy (non-hydrogen) atoms. The van der Waals surface area contributed by atoms with Crippen molar-refractivity contribution >= 4 is 23.5 Å². The number of hydrogen-bond donors (Lipinski definition) is 2. The number of nitrogens with zero attached hydrogens (tertiary/aromatic N) is 1. The van der Waals surface area contributed by atoms with Gasteiger partial charge in [0, 0.05) is 23.7 Å². The van der Waals surface area contributed by atoms with E-state index in [0.717, 1.165) is 18.9 Å². The van der Waals surface area contributed by atoms with Gasteiger partial charge in [-0.05, 0) is 31.7 Å². The zero-order valence-electron chi connectivity index (χ0n) is 13.7. The minimum absolute atomic E-state index is 0.0537. The summed E-state index contributed by atoms with van der Waals surface area (Å²) in [4.78, 5) is 45.1. The number of hydrogen-bond acceptors (Lipinski definition) is 6. The molecule has 2 rings (SSSR count). The predicted molar refractivity (Wildman–Crippen MR) is 86.7 cm³/mol. The molecule has 0 bridgehead atoms. The van der Waals surface area contributed by atoms with Crippen molar-refractivity contribution in [1.29, 1.82) is 0 Å². The van der Waals surface area contributed by atoms with Gasteiger partial charge in [0.15, 0.2) is 6.61 Å². The van der Waals surface area contributed by atoms with Gasteiger partial charge in [0.1, 0.15) is 6.54 Å². The average Bonchev–Trinajstić information content (AvgIpc) is 3.43. The van der Waals surface area contributed by atoms with Gasteiger partial charge in [-0.3, -0.25) is 24.5 Å². The maximum atomic E-state index is 11.9. The van der Waals surface area contributed by atoms with E-state index >= 15 is 0 Å². The number of amides is 2. The first-order chi connectivity index (χ1) is 11.9. The fourth-order valence-electron chi connectivity index (χ4n) is 2.22. The highest BCUT2D eigenvalue weighted by atomic mass is 16.6. The molecule has 9 nitrogen and oxygen atoms in total.